The van der Waals surface area contributed by atoms with Crippen molar-refractivity contribution >= 4 is 5.69 Å². The maximum absolute atomic E-state index is 9.52. The Morgan fingerprint density at radius 2 is 1.88 bits per heavy atom. The molecule has 1 aliphatic heterocycles. The van der Waals surface area contributed by atoms with Gasteiger partial charge in [0, 0.05) is 38.8 Å². The third kappa shape index (κ3) is 4.15. The first kappa shape index (κ1) is 16.1. The van der Waals surface area contributed by atoms with Gasteiger partial charge in [0.25, 0.3) is 0 Å². The predicted octanol–water partition coefficient (Wildman–Crippen LogP) is 1.86. The minimum Gasteiger partial charge on any atom is -0.506 e. The number of nitriles is 1. The van der Waals surface area contributed by atoms with Crippen molar-refractivity contribution in [2.75, 3.05) is 44.2 Å². The summed E-state index contributed by atoms with van der Waals surface area (Å²) in [5.74, 6) is 0.990. The Morgan fingerprint density at radius 3 is 2.54 bits per heavy atom. The van der Waals surface area contributed by atoms with Gasteiger partial charge in [-0.15, -0.1) is 0 Å². The lowest BCUT2D eigenvalue weighted by Gasteiger charge is -2.35. The molecule has 3 rings (SSSR count). The number of aromatic nitrogens is 1. The van der Waals surface area contributed by atoms with E-state index in [0.29, 0.717) is 12.2 Å². The molecule has 0 radical (unpaired) electrons. The first-order valence-electron chi connectivity index (χ1n) is 7.99. The van der Waals surface area contributed by atoms with Gasteiger partial charge in [0.2, 0.25) is 0 Å². The second-order valence-corrected chi connectivity index (χ2v) is 5.71. The van der Waals surface area contributed by atoms with Crippen molar-refractivity contribution in [3.8, 4) is 17.6 Å². The van der Waals surface area contributed by atoms with E-state index < -0.39 is 0 Å². The number of anilines is 1. The second-order valence-electron chi connectivity index (χ2n) is 5.71. The Morgan fingerprint density at radius 1 is 1.12 bits per heavy atom. The van der Waals surface area contributed by atoms with Crippen LogP contribution < -0.4 is 9.64 Å². The molecule has 6 heteroatoms. The minimum atomic E-state index is 0.200. The molecule has 0 saturated carbocycles. The lowest BCUT2D eigenvalue weighted by Crippen LogP contribution is -2.47. The number of hydrogen-bond donors (Lipinski definition) is 1. The molecule has 0 aliphatic carbocycles. The normalized spacial score (nSPS) is 15.0. The van der Waals surface area contributed by atoms with Crippen molar-refractivity contribution in [1.82, 2.24) is 9.88 Å². The number of pyridine rings is 1. The van der Waals surface area contributed by atoms with Crippen molar-refractivity contribution in [2.45, 2.75) is 0 Å². The zero-order valence-corrected chi connectivity index (χ0v) is 13.4. The molecule has 6 nitrogen and oxygen atoms in total. The van der Waals surface area contributed by atoms with Crippen LogP contribution in [-0.4, -0.2) is 54.3 Å². The Kier molecular flexibility index (Phi) is 5.14. The van der Waals surface area contributed by atoms with Gasteiger partial charge in [-0.2, -0.15) is 5.26 Å². The highest BCUT2D eigenvalue weighted by molar-refractivity contribution is 5.48. The standard InChI is InChI=1S/C18H20N4O2/c19-12-15-1-3-18(4-2-15)24-10-9-21-5-7-22(8-6-21)16-11-17(23)14-20-13-16/h1-4,11,13-14,23H,5-10H2. The zero-order chi connectivity index (χ0) is 16.8. The molecule has 1 N–H and O–H groups in total. The van der Waals surface area contributed by atoms with E-state index in [-0.39, 0.29) is 5.75 Å². The highest BCUT2D eigenvalue weighted by atomic mass is 16.5. The second kappa shape index (κ2) is 7.66. The molecule has 1 aromatic heterocycles. The van der Waals surface area contributed by atoms with E-state index in [1.165, 1.54) is 6.20 Å². The fraction of sp³-hybridized carbons (Fsp3) is 0.333. The first-order valence-corrected chi connectivity index (χ1v) is 7.99. The highest BCUT2D eigenvalue weighted by Gasteiger charge is 2.17. The summed E-state index contributed by atoms with van der Waals surface area (Å²) in [6, 6.07) is 11.0. The summed E-state index contributed by atoms with van der Waals surface area (Å²) in [6.07, 6.45) is 3.23. The summed E-state index contributed by atoms with van der Waals surface area (Å²) in [4.78, 5) is 8.61. The molecule has 1 aliphatic rings. The van der Waals surface area contributed by atoms with E-state index in [1.54, 1.807) is 24.4 Å². The van der Waals surface area contributed by atoms with Crippen LogP contribution >= 0.6 is 0 Å². The molecule has 124 valence electrons. The molecule has 2 aromatic rings. The predicted molar refractivity (Wildman–Crippen MR) is 91.2 cm³/mol. The van der Waals surface area contributed by atoms with Crippen LogP contribution in [0.1, 0.15) is 5.56 Å². The fourth-order valence-corrected chi connectivity index (χ4v) is 2.74. The van der Waals surface area contributed by atoms with Gasteiger partial charge in [-0.25, -0.2) is 0 Å². The highest BCUT2D eigenvalue weighted by Crippen LogP contribution is 2.19. The summed E-state index contributed by atoms with van der Waals surface area (Å²) >= 11 is 0. The molecular formula is C18H20N4O2. The van der Waals surface area contributed by atoms with Gasteiger partial charge in [0.05, 0.1) is 29.7 Å². The molecule has 0 unspecified atom stereocenters. The van der Waals surface area contributed by atoms with Crippen LogP contribution in [0, 0.1) is 11.3 Å². The number of benzene rings is 1. The van der Waals surface area contributed by atoms with E-state index in [9.17, 15) is 5.11 Å². The molecule has 24 heavy (non-hydrogen) atoms. The molecule has 0 amide bonds. The van der Waals surface area contributed by atoms with E-state index in [4.69, 9.17) is 10.00 Å². The zero-order valence-electron chi connectivity index (χ0n) is 13.4. The Hall–Kier alpha value is -2.78. The summed E-state index contributed by atoms with van der Waals surface area (Å²) in [5.41, 5.74) is 1.60. The van der Waals surface area contributed by atoms with Gasteiger partial charge in [-0.3, -0.25) is 9.88 Å². The van der Waals surface area contributed by atoms with Crippen molar-refractivity contribution < 1.29 is 9.84 Å². The van der Waals surface area contributed by atoms with Crippen LogP contribution in [0.2, 0.25) is 0 Å². The van der Waals surface area contributed by atoms with Gasteiger partial charge >= 0.3 is 0 Å². The minimum absolute atomic E-state index is 0.200. The molecule has 0 bridgehead atoms. The molecule has 1 fully saturated rings. The summed E-state index contributed by atoms with van der Waals surface area (Å²) in [7, 11) is 0. The van der Waals surface area contributed by atoms with Crippen LogP contribution in [0.15, 0.2) is 42.7 Å². The van der Waals surface area contributed by atoms with Crippen molar-refractivity contribution in [2.24, 2.45) is 0 Å². The molecule has 2 heterocycles. The smallest absolute Gasteiger partial charge is 0.135 e. The summed E-state index contributed by atoms with van der Waals surface area (Å²) in [5, 5.41) is 18.3. The van der Waals surface area contributed by atoms with Crippen molar-refractivity contribution in [3.63, 3.8) is 0 Å². The SMILES string of the molecule is N#Cc1ccc(OCCN2CCN(c3cncc(O)c3)CC2)cc1. The van der Waals surface area contributed by atoms with Gasteiger partial charge in [0.1, 0.15) is 18.1 Å². The average molecular weight is 324 g/mol. The van der Waals surface area contributed by atoms with E-state index >= 15 is 0 Å². The monoisotopic (exact) mass is 324 g/mol. The van der Waals surface area contributed by atoms with E-state index in [1.807, 2.05) is 12.1 Å². The Balaban J connectivity index is 1.41. The van der Waals surface area contributed by atoms with Crippen LogP contribution in [0.3, 0.4) is 0 Å². The number of aromatic hydroxyl groups is 1. The first-order chi connectivity index (χ1) is 11.7. The van der Waals surface area contributed by atoms with Crippen molar-refractivity contribution in [1.29, 1.82) is 5.26 Å². The van der Waals surface area contributed by atoms with Crippen molar-refractivity contribution in [3.05, 3.63) is 48.3 Å². The number of piperazine rings is 1. The number of ether oxygens (including phenoxy) is 1. The molecule has 1 saturated heterocycles. The molecule has 1 aromatic carbocycles. The largest absolute Gasteiger partial charge is 0.506 e. The Bertz CT molecular complexity index is 704. The third-order valence-electron chi connectivity index (χ3n) is 4.11. The fourth-order valence-electron chi connectivity index (χ4n) is 2.74. The average Bonchev–Trinajstić information content (AvgIpc) is 2.63. The maximum atomic E-state index is 9.52. The van der Waals surface area contributed by atoms with Gasteiger partial charge in [0.15, 0.2) is 0 Å². The quantitative estimate of drug-likeness (QED) is 0.905. The van der Waals surface area contributed by atoms with E-state index in [0.717, 1.165) is 44.2 Å². The number of nitrogens with zero attached hydrogens (tertiary/aromatic N) is 4. The van der Waals surface area contributed by atoms with Crippen LogP contribution in [0.4, 0.5) is 5.69 Å². The lowest BCUT2D eigenvalue weighted by molar-refractivity contribution is 0.200. The summed E-state index contributed by atoms with van der Waals surface area (Å²) < 4.78 is 5.73. The molecule has 0 spiro atoms. The third-order valence-corrected chi connectivity index (χ3v) is 4.11. The molecule has 0 atom stereocenters. The van der Waals surface area contributed by atoms with E-state index in [2.05, 4.69) is 20.9 Å². The van der Waals surface area contributed by atoms with Gasteiger partial charge < -0.3 is 14.7 Å². The van der Waals surface area contributed by atoms with Crippen LogP contribution in [0.5, 0.6) is 11.5 Å². The summed E-state index contributed by atoms with van der Waals surface area (Å²) in [6.45, 7) is 5.20. The lowest BCUT2D eigenvalue weighted by atomic mass is 10.2. The number of rotatable bonds is 5. The van der Waals surface area contributed by atoms with Gasteiger partial charge in [-0.1, -0.05) is 0 Å². The molecular weight excluding hydrogens is 304 g/mol. The van der Waals surface area contributed by atoms with Crippen LogP contribution in [0.25, 0.3) is 0 Å². The number of hydrogen-bond acceptors (Lipinski definition) is 6. The topological polar surface area (TPSA) is 72.6 Å². The Labute approximate surface area is 141 Å². The maximum Gasteiger partial charge on any atom is 0.135 e. The van der Waals surface area contributed by atoms with Crippen LogP contribution in [-0.2, 0) is 0 Å². The van der Waals surface area contributed by atoms with Gasteiger partial charge in [-0.05, 0) is 24.3 Å².